The molecular weight excluding hydrogens is 320 g/mol. The van der Waals surface area contributed by atoms with Crippen molar-refractivity contribution in [3.8, 4) is 5.69 Å². The van der Waals surface area contributed by atoms with Gasteiger partial charge in [0.2, 0.25) is 0 Å². The lowest BCUT2D eigenvalue weighted by atomic mass is 10.2. The van der Waals surface area contributed by atoms with Crippen LogP contribution in [-0.4, -0.2) is 62.1 Å². The van der Waals surface area contributed by atoms with E-state index >= 15 is 0 Å². The maximum Gasteiger partial charge on any atom is 0.289 e. The maximum absolute atomic E-state index is 12.3. The molecule has 25 heavy (non-hydrogen) atoms. The molecule has 3 heterocycles. The number of rotatable bonds is 4. The fraction of sp³-hybridized carbons (Fsp3) is 0.294. The van der Waals surface area contributed by atoms with E-state index in [2.05, 4.69) is 20.4 Å². The topological polar surface area (TPSA) is 80.3 Å². The van der Waals surface area contributed by atoms with Crippen LogP contribution in [-0.2, 0) is 6.54 Å². The second-order valence-corrected chi connectivity index (χ2v) is 5.89. The molecule has 1 saturated heterocycles. The zero-order valence-corrected chi connectivity index (χ0v) is 13.7. The highest BCUT2D eigenvalue weighted by molar-refractivity contribution is 5.91. The van der Waals surface area contributed by atoms with E-state index in [1.165, 1.54) is 6.26 Å². The minimum absolute atomic E-state index is 0.0567. The molecule has 0 spiro atoms. The lowest BCUT2D eigenvalue weighted by molar-refractivity contribution is 0.0594. The number of carbonyl (C=O) groups excluding carboxylic acids is 1. The molecule has 0 saturated carbocycles. The number of nitrogens with zero attached hydrogens (tertiary/aromatic N) is 6. The zero-order chi connectivity index (χ0) is 17.1. The average molecular weight is 338 g/mol. The van der Waals surface area contributed by atoms with Crippen molar-refractivity contribution in [2.45, 2.75) is 6.54 Å². The van der Waals surface area contributed by atoms with Crippen LogP contribution in [0.4, 0.5) is 0 Å². The van der Waals surface area contributed by atoms with Gasteiger partial charge in [-0.2, -0.15) is 4.68 Å². The standard InChI is InChI=1S/C17H18N6O2/c24-17(15-7-4-12-25-15)22-10-8-21(9-11-22)13-16-18-19-20-23(16)14-5-2-1-3-6-14/h1-7,12H,8-11,13H2. The minimum atomic E-state index is -0.0567. The van der Waals surface area contributed by atoms with Crippen LogP contribution in [0.1, 0.15) is 16.4 Å². The first-order valence-corrected chi connectivity index (χ1v) is 8.19. The molecule has 1 amide bonds. The molecule has 128 valence electrons. The molecule has 0 bridgehead atoms. The van der Waals surface area contributed by atoms with Gasteiger partial charge >= 0.3 is 0 Å². The Morgan fingerprint density at radius 3 is 2.56 bits per heavy atom. The summed E-state index contributed by atoms with van der Waals surface area (Å²) in [5.41, 5.74) is 0.939. The summed E-state index contributed by atoms with van der Waals surface area (Å²) in [6, 6.07) is 13.2. The van der Waals surface area contributed by atoms with Gasteiger partial charge < -0.3 is 9.32 Å². The second-order valence-electron chi connectivity index (χ2n) is 5.89. The molecule has 0 aliphatic carbocycles. The molecule has 0 radical (unpaired) electrons. The number of aromatic nitrogens is 4. The van der Waals surface area contributed by atoms with E-state index in [-0.39, 0.29) is 5.91 Å². The number of carbonyl (C=O) groups is 1. The largest absolute Gasteiger partial charge is 0.459 e. The van der Waals surface area contributed by atoms with Crippen molar-refractivity contribution >= 4 is 5.91 Å². The summed E-state index contributed by atoms with van der Waals surface area (Å²) in [6.45, 7) is 3.51. The highest BCUT2D eigenvalue weighted by Gasteiger charge is 2.24. The smallest absolute Gasteiger partial charge is 0.289 e. The van der Waals surface area contributed by atoms with Gasteiger partial charge in [0.25, 0.3) is 5.91 Å². The fourth-order valence-electron chi connectivity index (χ4n) is 2.94. The van der Waals surface area contributed by atoms with Crippen molar-refractivity contribution in [3.05, 3.63) is 60.3 Å². The summed E-state index contributed by atoms with van der Waals surface area (Å²) in [4.78, 5) is 16.4. The molecule has 8 nitrogen and oxygen atoms in total. The summed E-state index contributed by atoms with van der Waals surface area (Å²) < 4.78 is 6.94. The van der Waals surface area contributed by atoms with E-state index in [9.17, 15) is 4.79 Å². The maximum atomic E-state index is 12.3. The van der Waals surface area contributed by atoms with Crippen LogP contribution in [0.15, 0.2) is 53.1 Å². The summed E-state index contributed by atoms with van der Waals surface area (Å²) in [5, 5.41) is 12.0. The molecule has 1 fully saturated rings. The summed E-state index contributed by atoms with van der Waals surface area (Å²) in [5.74, 6) is 1.12. The number of amides is 1. The Bertz CT molecular complexity index is 822. The Morgan fingerprint density at radius 1 is 1.04 bits per heavy atom. The van der Waals surface area contributed by atoms with Crippen LogP contribution < -0.4 is 0 Å². The van der Waals surface area contributed by atoms with Gasteiger partial charge in [-0.25, -0.2) is 0 Å². The third-order valence-corrected chi connectivity index (χ3v) is 4.29. The van der Waals surface area contributed by atoms with Crippen molar-refractivity contribution in [2.75, 3.05) is 26.2 Å². The van der Waals surface area contributed by atoms with Crippen LogP contribution >= 0.6 is 0 Å². The first-order valence-electron chi connectivity index (χ1n) is 8.19. The Kier molecular flexibility index (Phi) is 4.26. The Hall–Kier alpha value is -3.00. The fourth-order valence-corrected chi connectivity index (χ4v) is 2.94. The SMILES string of the molecule is O=C(c1ccco1)N1CCN(Cc2nnnn2-c2ccccc2)CC1. The molecule has 1 aromatic carbocycles. The monoisotopic (exact) mass is 338 g/mol. The number of hydrogen-bond donors (Lipinski definition) is 0. The molecular formula is C17H18N6O2. The third kappa shape index (κ3) is 3.29. The first-order chi connectivity index (χ1) is 12.3. The summed E-state index contributed by atoms with van der Waals surface area (Å²) in [7, 11) is 0. The van der Waals surface area contributed by atoms with Crippen LogP contribution in [0.3, 0.4) is 0 Å². The molecule has 0 atom stereocenters. The predicted octanol–water partition coefficient (Wildman–Crippen LogP) is 1.21. The van der Waals surface area contributed by atoms with Gasteiger partial charge in [0.05, 0.1) is 18.5 Å². The molecule has 8 heteroatoms. The first kappa shape index (κ1) is 15.5. The minimum Gasteiger partial charge on any atom is -0.459 e. The number of benzene rings is 1. The number of tetrazole rings is 1. The normalized spacial score (nSPS) is 15.4. The van der Waals surface area contributed by atoms with Gasteiger partial charge in [-0.15, -0.1) is 5.10 Å². The number of piperazine rings is 1. The second kappa shape index (κ2) is 6.86. The van der Waals surface area contributed by atoms with E-state index in [1.807, 2.05) is 35.2 Å². The van der Waals surface area contributed by atoms with E-state index < -0.39 is 0 Å². The third-order valence-electron chi connectivity index (χ3n) is 4.29. The van der Waals surface area contributed by atoms with Crippen LogP contribution in [0.5, 0.6) is 0 Å². The van der Waals surface area contributed by atoms with Crippen LogP contribution in [0.25, 0.3) is 5.69 Å². The zero-order valence-electron chi connectivity index (χ0n) is 13.7. The van der Waals surface area contributed by atoms with Crippen molar-refractivity contribution in [2.24, 2.45) is 0 Å². The molecule has 2 aromatic heterocycles. The van der Waals surface area contributed by atoms with E-state index in [0.29, 0.717) is 25.4 Å². The molecule has 3 aromatic rings. The summed E-state index contributed by atoms with van der Waals surface area (Å²) >= 11 is 0. The lowest BCUT2D eigenvalue weighted by Crippen LogP contribution is -2.48. The predicted molar refractivity (Wildman–Crippen MR) is 89.0 cm³/mol. The number of para-hydroxylation sites is 1. The van der Waals surface area contributed by atoms with Gasteiger partial charge in [-0.1, -0.05) is 18.2 Å². The Morgan fingerprint density at radius 2 is 1.84 bits per heavy atom. The Labute approximate surface area is 144 Å². The molecule has 1 aliphatic rings. The quantitative estimate of drug-likeness (QED) is 0.711. The van der Waals surface area contributed by atoms with Crippen molar-refractivity contribution in [3.63, 3.8) is 0 Å². The van der Waals surface area contributed by atoms with Crippen LogP contribution in [0.2, 0.25) is 0 Å². The average Bonchev–Trinajstić information content (AvgIpc) is 3.35. The molecule has 0 unspecified atom stereocenters. The number of furan rings is 1. The van der Waals surface area contributed by atoms with Crippen LogP contribution in [0, 0.1) is 0 Å². The number of hydrogen-bond acceptors (Lipinski definition) is 6. The molecule has 4 rings (SSSR count). The van der Waals surface area contributed by atoms with E-state index in [1.54, 1.807) is 16.8 Å². The van der Waals surface area contributed by atoms with Crippen molar-refractivity contribution in [1.29, 1.82) is 0 Å². The van der Waals surface area contributed by atoms with Gasteiger partial charge in [0.1, 0.15) is 0 Å². The Balaban J connectivity index is 1.38. The van der Waals surface area contributed by atoms with Gasteiger partial charge in [0, 0.05) is 26.2 Å². The highest BCUT2D eigenvalue weighted by atomic mass is 16.3. The van der Waals surface area contributed by atoms with Crippen molar-refractivity contribution in [1.82, 2.24) is 30.0 Å². The van der Waals surface area contributed by atoms with Gasteiger partial charge in [-0.05, 0) is 34.7 Å². The lowest BCUT2D eigenvalue weighted by Gasteiger charge is -2.33. The van der Waals surface area contributed by atoms with Gasteiger partial charge in [-0.3, -0.25) is 9.69 Å². The van der Waals surface area contributed by atoms with Gasteiger partial charge in [0.15, 0.2) is 11.6 Å². The highest BCUT2D eigenvalue weighted by Crippen LogP contribution is 2.13. The van der Waals surface area contributed by atoms with E-state index in [4.69, 9.17) is 4.42 Å². The molecule has 1 aliphatic heterocycles. The van der Waals surface area contributed by atoms with E-state index in [0.717, 1.165) is 24.6 Å². The summed E-state index contributed by atoms with van der Waals surface area (Å²) in [6.07, 6.45) is 1.52. The molecule has 0 N–H and O–H groups in total. The van der Waals surface area contributed by atoms with Crippen molar-refractivity contribution < 1.29 is 9.21 Å².